The summed E-state index contributed by atoms with van der Waals surface area (Å²) in [5.41, 5.74) is -0.230. The van der Waals surface area contributed by atoms with Gasteiger partial charge in [0.15, 0.2) is 0 Å². The normalized spacial score (nSPS) is 10.9. The zero-order chi connectivity index (χ0) is 18.6. The van der Waals surface area contributed by atoms with Gasteiger partial charge < -0.3 is 9.84 Å². The number of carboxylic acid groups (broad SMARTS) is 1. The van der Waals surface area contributed by atoms with Crippen LogP contribution in [0.4, 0.5) is 11.4 Å². The van der Waals surface area contributed by atoms with Gasteiger partial charge in [-0.25, -0.2) is 8.42 Å². The van der Waals surface area contributed by atoms with Crippen molar-refractivity contribution in [1.82, 2.24) is 0 Å². The molecule has 2 aromatic rings. The molecule has 132 valence electrons. The summed E-state index contributed by atoms with van der Waals surface area (Å²) < 4.78 is 31.5. The molecule has 0 saturated carbocycles. The number of nitrogens with zero attached hydrogens (tertiary/aromatic N) is 2. The summed E-state index contributed by atoms with van der Waals surface area (Å²) in [5, 5.41) is 19.8. The van der Waals surface area contributed by atoms with Crippen LogP contribution in [-0.4, -0.2) is 38.1 Å². The Labute approximate surface area is 143 Å². The molecule has 0 radical (unpaired) electrons. The second-order valence-electron chi connectivity index (χ2n) is 4.83. The van der Waals surface area contributed by atoms with E-state index in [1.807, 2.05) is 0 Å². The number of sulfonamides is 1. The van der Waals surface area contributed by atoms with Crippen LogP contribution in [0.25, 0.3) is 0 Å². The van der Waals surface area contributed by atoms with E-state index in [1.54, 1.807) is 6.07 Å². The third kappa shape index (κ3) is 3.86. The first-order valence-electron chi connectivity index (χ1n) is 6.89. The Morgan fingerprint density at radius 1 is 1.20 bits per heavy atom. The van der Waals surface area contributed by atoms with Crippen LogP contribution in [0.5, 0.6) is 5.75 Å². The number of hydrogen-bond acceptors (Lipinski definition) is 6. The van der Waals surface area contributed by atoms with E-state index in [0.29, 0.717) is 4.31 Å². The number of non-ortho nitro benzene ring substituents is 1. The lowest BCUT2D eigenvalue weighted by atomic mass is 10.3. The predicted molar refractivity (Wildman–Crippen MR) is 88.3 cm³/mol. The first-order valence-corrected chi connectivity index (χ1v) is 8.33. The molecule has 0 spiro atoms. The summed E-state index contributed by atoms with van der Waals surface area (Å²) in [6.45, 7) is -0.834. The minimum Gasteiger partial charge on any atom is -0.495 e. The van der Waals surface area contributed by atoms with Gasteiger partial charge in [-0.2, -0.15) is 0 Å². The lowest BCUT2D eigenvalue weighted by Gasteiger charge is -2.24. The summed E-state index contributed by atoms with van der Waals surface area (Å²) in [5.74, 6) is -1.19. The third-order valence-electron chi connectivity index (χ3n) is 3.27. The average Bonchev–Trinajstić information content (AvgIpc) is 2.59. The predicted octanol–water partition coefficient (Wildman–Crippen LogP) is 1.88. The molecule has 2 rings (SSSR count). The van der Waals surface area contributed by atoms with Crippen molar-refractivity contribution in [2.45, 2.75) is 4.90 Å². The Bertz CT molecular complexity index is 894. The van der Waals surface area contributed by atoms with Gasteiger partial charge in [-0.3, -0.25) is 19.2 Å². The Balaban J connectivity index is 2.56. The number of anilines is 1. The maximum atomic E-state index is 12.9. The number of nitro groups is 1. The fourth-order valence-corrected chi connectivity index (χ4v) is 3.55. The summed E-state index contributed by atoms with van der Waals surface area (Å²) in [6, 6.07) is 10.2. The lowest BCUT2D eigenvalue weighted by molar-refractivity contribution is -0.384. The van der Waals surface area contributed by atoms with Gasteiger partial charge >= 0.3 is 5.97 Å². The summed E-state index contributed by atoms with van der Waals surface area (Å²) in [6.07, 6.45) is 0. The van der Waals surface area contributed by atoms with E-state index in [4.69, 9.17) is 9.84 Å². The number of carboxylic acids is 1. The topological polar surface area (TPSA) is 127 Å². The molecular formula is C15H14N2O7S. The minimum atomic E-state index is -4.27. The molecule has 0 unspecified atom stereocenters. The molecular weight excluding hydrogens is 352 g/mol. The first kappa shape index (κ1) is 18.2. The van der Waals surface area contributed by atoms with Crippen LogP contribution < -0.4 is 9.04 Å². The number of benzene rings is 2. The number of aliphatic carboxylic acids is 1. The van der Waals surface area contributed by atoms with E-state index >= 15 is 0 Å². The highest BCUT2D eigenvalue weighted by Crippen LogP contribution is 2.32. The fraction of sp³-hybridized carbons (Fsp3) is 0.133. The molecule has 0 saturated heterocycles. The van der Waals surface area contributed by atoms with Crippen LogP contribution in [-0.2, 0) is 14.8 Å². The number of methoxy groups -OCH3 is 1. The summed E-state index contributed by atoms with van der Waals surface area (Å²) >= 11 is 0. The number of ether oxygens (including phenoxy) is 1. The van der Waals surface area contributed by atoms with Crippen LogP contribution in [0.3, 0.4) is 0 Å². The molecule has 0 aliphatic rings. The second kappa shape index (κ2) is 7.18. The van der Waals surface area contributed by atoms with Gasteiger partial charge in [0.1, 0.15) is 12.3 Å². The van der Waals surface area contributed by atoms with Crippen molar-refractivity contribution in [2.24, 2.45) is 0 Å². The minimum absolute atomic E-state index is 0.0470. The first-order chi connectivity index (χ1) is 11.8. The molecule has 2 aromatic carbocycles. The van der Waals surface area contributed by atoms with Crippen molar-refractivity contribution >= 4 is 27.4 Å². The molecule has 0 atom stereocenters. The smallest absolute Gasteiger partial charge is 0.324 e. The van der Waals surface area contributed by atoms with Gasteiger partial charge in [0, 0.05) is 12.1 Å². The Morgan fingerprint density at radius 3 is 2.32 bits per heavy atom. The highest BCUT2D eigenvalue weighted by molar-refractivity contribution is 7.92. The number of para-hydroxylation sites is 2. The Hall–Kier alpha value is -3.14. The third-order valence-corrected chi connectivity index (χ3v) is 5.04. The molecule has 0 fully saturated rings. The van der Waals surface area contributed by atoms with Gasteiger partial charge in [0.25, 0.3) is 15.7 Å². The SMILES string of the molecule is COc1ccccc1N(CC(=O)O)S(=O)(=O)c1ccc([N+](=O)[O-])cc1. The van der Waals surface area contributed by atoms with Gasteiger partial charge in [-0.05, 0) is 24.3 Å². The molecule has 0 aliphatic carbocycles. The lowest BCUT2D eigenvalue weighted by Crippen LogP contribution is -2.36. The number of hydrogen-bond donors (Lipinski definition) is 1. The molecule has 0 heterocycles. The van der Waals surface area contributed by atoms with E-state index in [1.165, 1.54) is 25.3 Å². The number of nitro benzene ring substituents is 1. The molecule has 0 aliphatic heterocycles. The van der Waals surface area contributed by atoms with Gasteiger partial charge in [-0.15, -0.1) is 0 Å². The van der Waals surface area contributed by atoms with Crippen molar-refractivity contribution < 1.29 is 28.0 Å². The highest BCUT2D eigenvalue weighted by atomic mass is 32.2. The second-order valence-corrected chi connectivity index (χ2v) is 6.69. The van der Waals surface area contributed by atoms with Crippen molar-refractivity contribution in [3.05, 3.63) is 58.6 Å². The van der Waals surface area contributed by atoms with Gasteiger partial charge in [0.05, 0.1) is 22.6 Å². The van der Waals surface area contributed by atoms with Crippen LogP contribution in [0.2, 0.25) is 0 Å². The summed E-state index contributed by atoms with van der Waals surface area (Å²) in [7, 11) is -2.94. The van der Waals surface area contributed by atoms with E-state index < -0.39 is 27.5 Å². The monoisotopic (exact) mass is 366 g/mol. The van der Waals surface area contributed by atoms with Gasteiger partial charge in [-0.1, -0.05) is 12.1 Å². The zero-order valence-corrected chi connectivity index (χ0v) is 13.8. The Morgan fingerprint density at radius 2 is 1.80 bits per heavy atom. The Kier molecular flexibility index (Phi) is 5.22. The van der Waals surface area contributed by atoms with E-state index in [0.717, 1.165) is 24.3 Å². The molecule has 0 amide bonds. The fourth-order valence-electron chi connectivity index (χ4n) is 2.13. The van der Waals surface area contributed by atoms with Crippen LogP contribution in [0, 0.1) is 10.1 Å². The van der Waals surface area contributed by atoms with Crippen molar-refractivity contribution in [3.63, 3.8) is 0 Å². The molecule has 9 nitrogen and oxygen atoms in total. The largest absolute Gasteiger partial charge is 0.495 e. The van der Waals surface area contributed by atoms with E-state index in [-0.39, 0.29) is 22.0 Å². The molecule has 1 N–H and O–H groups in total. The standard InChI is InChI=1S/C15H14N2O7S/c1-24-14-5-3-2-4-13(14)16(10-15(18)19)25(22,23)12-8-6-11(7-9-12)17(20)21/h2-9H,10H2,1H3,(H,18,19). The van der Waals surface area contributed by atoms with Crippen molar-refractivity contribution in [1.29, 1.82) is 0 Å². The molecule has 10 heteroatoms. The van der Waals surface area contributed by atoms with E-state index in [2.05, 4.69) is 0 Å². The number of rotatable bonds is 7. The zero-order valence-electron chi connectivity index (χ0n) is 13.0. The highest BCUT2D eigenvalue weighted by Gasteiger charge is 2.29. The van der Waals surface area contributed by atoms with Crippen LogP contribution in [0.1, 0.15) is 0 Å². The summed E-state index contributed by atoms with van der Waals surface area (Å²) in [4.78, 5) is 20.9. The van der Waals surface area contributed by atoms with Crippen LogP contribution in [0.15, 0.2) is 53.4 Å². The molecule has 25 heavy (non-hydrogen) atoms. The van der Waals surface area contributed by atoms with Crippen molar-refractivity contribution in [3.8, 4) is 5.75 Å². The number of carbonyl (C=O) groups is 1. The molecule has 0 aromatic heterocycles. The van der Waals surface area contributed by atoms with Gasteiger partial charge in [0.2, 0.25) is 0 Å². The van der Waals surface area contributed by atoms with Crippen molar-refractivity contribution in [2.75, 3.05) is 18.0 Å². The quantitative estimate of drug-likeness (QED) is 0.585. The maximum absolute atomic E-state index is 12.9. The maximum Gasteiger partial charge on any atom is 0.324 e. The molecule has 0 bridgehead atoms. The van der Waals surface area contributed by atoms with E-state index in [9.17, 15) is 23.3 Å². The van der Waals surface area contributed by atoms with Crippen LogP contribution >= 0.6 is 0 Å². The average molecular weight is 366 g/mol.